The summed E-state index contributed by atoms with van der Waals surface area (Å²) in [5.41, 5.74) is 3.60. The Labute approximate surface area is 307 Å². The Balaban J connectivity index is 1.61. The number of anilines is 1. The predicted molar refractivity (Wildman–Crippen MR) is 202 cm³/mol. The van der Waals surface area contributed by atoms with Gasteiger partial charge in [0.05, 0.1) is 31.9 Å². The second-order valence-corrected chi connectivity index (χ2v) is 15.2. The molecule has 1 fully saturated rings. The monoisotopic (exact) mass is 727 g/mol. The Morgan fingerprint density at radius 3 is 2.10 bits per heavy atom. The maximum atomic E-state index is 14.9. The molecule has 4 aromatic carbocycles. The SMILES string of the molecule is COc1cccc(CN(C(=O)CN(c2cc(C)cc(C)c2)S(=O)(=O)c2ccc(OC)c(OC)c2)[C@@H](Cc2ccccc2)C(=O)NC2CCCCC2)c1. The van der Waals surface area contributed by atoms with E-state index in [-0.39, 0.29) is 35.6 Å². The second-order valence-electron chi connectivity index (χ2n) is 13.3. The van der Waals surface area contributed by atoms with Crippen LogP contribution in [-0.4, -0.2) is 65.1 Å². The first kappa shape index (κ1) is 38.2. The lowest BCUT2D eigenvalue weighted by molar-refractivity contribution is -0.140. The zero-order valence-electron chi connectivity index (χ0n) is 30.6. The molecule has 0 aliphatic heterocycles. The van der Waals surface area contributed by atoms with E-state index in [1.54, 1.807) is 19.2 Å². The van der Waals surface area contributed by atoms with Gasteiger partial charge in [-0.1, -0.05) is 67.8 Å². The highest BCUT2D eigenvalue weighted by molar-refractivity contribution is 7.92. The summed E-state index contributed by atoms with van der Waals surface area (Å²) < 4.78 is 46.7. The average Bonchev–Trinajstić information content (AvgIpc) is 3.15. The average molecular weight is 728 g/mol. The maximum absolute atomic E-state index is 14.9. The fraction of sp³-hybridized carbons (Fsp3) is 0.366. The number of carbonyl (C=O) groups excluding carboxylic acids is 2. The predicted octanol–water partition coefficient (Wildman–Crippen LogP) is 6.61. The van der Waals surface area contributed by atoms with E-state index >= 15 is 0 Å². The first-order valence-corrected chi connectivity index (χ1v) is 19.1. The van der Waals surface area contributed by atoms with Gasteiger partial charge in [0.25, 0.3) is 10.0 Å². The number of sulfonamides is 1. The molecule has 0 bridgehead atoms. The van der Waals surface area contributed by atoms with Crippen LogP contribution >= 0.6 is 0 Å². The standard InChI is InChI=1S/C41H49N3O7S/c1-29-21-30(2)23-34(22-29)44(52(47,48)36-19-20-38(50-4)39(26-36)51-5)28-40(45)43(27-32-15-12-18-35(24-32)49-3)37(25-31-13-8-6-9-14-31)41(46)42-33-16-10-7-11-17-33/h6,8-9,12-15,18-24,26,33,37H,7,10-11,16-17,25,27-28H2,1-5H3,(H,42,46)/t37-/m0/s1. The molecule has 0 saturated heterocycles. The van der Waals surface area contributed by atoms with E-state index in [0.717, 1.165) is 58.7 Å². The first-order valence-electron chi connectivity index (χ1n) is 17.6. The molecule has 1 aliphatic carbocycles. The van der Waals surface area contributed by atoms with E-state index < -0.39 is 28.5 Å². The summed E-state index contributed by atoms with van der Waals surface area (Å²) in [4.78, 5) is 30.8. The minimum Gasteiger partial charge on any atom is -0.497 e. The van der Waals surface area contributed by atoms with E-state index in [9.17, 15) is 18.0 Å². The molecule has 10 nitrogen and oxygen atoms in total. The van der Waals surface area contributed by atoms with Gasteiger partial charge in [0.1, 0.15) is 18.3 Å². The number of benzene rings is 4. The lowest BCUT2D eigenvalue weighted by Gasteiger charge is -2.35. The van der Waals surface area contributed by atoms with Gasteiger partial charge >= 0.3 is 0 Å². The van der Waals surface area contributed by atoms with Crippen LogP contribution in [-0.2, 0) is 32.6 Å². The minimum atomic E-state index is -4.36. The molecule has 0 aromatic heterocycles. The molecule has 0 spiro atoms. The lowest BCUT2D eigenvalue weighted by Crippen LogP contribution is -2.55. The molecule has 1 aliphatic rings. The number of methoxy groups -OCH3 is 3. The van der Waals surface area contributed by atoms with Crippen molar-refractivity contribution in [3.8, 4) is 17.2 Å². The molecule has 1 N–H and O–H groups in total. The summed E-state index contributed by atoms with van der Waals surface area (Å²) in [7, 11) is 0.117. The van der Waals surface area contributed by atoms with Gasteiger partial charge in [-0.05, 0) is 85.3 Å². The van der Waals surface area contributed by atoms with Gasteiger partial charge in [0.15, 0.2) is 11.5 Å². The van der Waals surface area contributed by atoms with E-state index in [1.165, 1.54) is 37.3 Å². The topological polar surface area (TPSA) is 114 Å². The first-order chi connectivity index (χ1) is 25.0. The molecule has 276 valence electrons. The third-order valence-electron chi connectivity index (χ3n) is 9.43. The van der Waals surface area contributed by atoms with Crippen LogP contribution in [0.25, 0.3) is 0 Å². The molecule has 11 heteroatoms. The Hall–Kier alpha value is -5.03. The van der Waals surface area contributed by atoms with Crippen molar-refractivity contribution >= 4 is 27.5 Å². The van der Waals surface area contributed by atoms with E-state index in [2.05, 4.69) is 5.32 Å². The number of nitrogens with zero attached hydrogens (tertiary/aromatic N) is 2. The highest BCUT2D eigenvalue weighted by Crippen LogP contribution is 2.33. The van der Waals surface area contributed by atoms with Crippen molar-refractivity contribution in [1.29, 1.82) is 0 Å². The third-order valence-corrected chi connectivity index (χ3v) is 11.2. The second kappa shape index (κ2) is 17.5. The number of ether oxygens (including phenoxy) is 3. The molecule has 2 amide bonds. The van der Waals surface area contributed by atoms with Gasteiger partial charge < -0.3 is 24.4 Å². The lowest BCUT2D eigenvalue weighted by atomic mass is 9.94. The van der Waals surface area contributed by atoms with Crippen LogP contribution < -0.4 is 23.8 Å². The molecular formula is C41H49N3O7S. The Bertz CT molecular complexity index is 1920. The molecule has 52 heavy (non-hydrogen) atoms. The van der Waals surface area contributed by atoms with Crippen LogP contribution in [0.3, 0.4) is 0 Å². The zero-order chi connectivity index (χ0) is 37.3. The van der Waals surface area contributed by atoms with Crippen molar-refractivity contribution in [2.75, 3.05) is 32.2 Å². The van der Waals surface area contributed by atoms with Gasteiger partial charge in [0, 0.05) is 25.1 Å². The van der Waals surface area contributed by atoms with Gasteiger partial charge in [-0.2, -0.15) is 0 Å². The van der Waals surface area contributed by atoms with Crippen LogP contribution in [0.15, 0.2) is 95.9 Å². The number of hydrogen-bond acceptors (Lipinski definition) is 7. The molecule has 0 unspecified atom stereocenters. The van der Waals surface area contributed by atoms with Crippen LogP contribution in [0.2, 0.25) is 0 Å². The number of rotatable bonds is 15. The van der Waals surface area contributed by atoms with Crippen LogP contribution in [0.1, 0.15) is 54.4 Å². The molecular weight excluding hydrogens is 679 g/mol. The quantitative estimate of drug-likeness (QED) is 0.147. The Morgan fingerprint density at radius 2 is 1.44 bits per heavy atom. The summed E-state index contributed by atoms with van der Waals surface area (Å²) in [6.45, 7) is 3.23. The van der Waals surface area contributed by atoms with E-state index in [0.29, 0.717) is 17.2 Å². The largest absolute Gasteiger partial charge is 0.497 e. The van der Waals surface area contributed by atoms with Crippen molar-refractivity contribution in [2.45, 2.75) is 75.9 Å². The summed E-state index contributed by atoms with van der Waals surface area (Å²) in [6, 6.07) is 25.7. The molecule has 0 radical (unpaired) electrons. The van der Waals surface area contributed by atoms with Crippen molar-refractivity contribution < 1.29 is 32.2 Å². The maximum Gasteiger partial charge on any atom is 0.264 e. The van der Waals surface area contributed by atoms with Crippen molar-refractivity contribution in [2.24, 2.45) is 0 Å². The molecule has 1 saturated carbocycles. The van der Waals surface area contributed by atoms with Gasteiger partial charge in [-0.3, -0.25) is 13.9 Å². The molecule has 0 heterocycles. The third kappa shape index (κ3) is 9.44. The van der Waals surface area contributed by atoms with Gasteiger partial charge in [-0.25, -0.2) is 8.42 Å². The molecule has 1 atom stereocenters. The van der Waals surface area contributed by atoms with Crippen molar-refractivity contribution in [1.82, 2.24) is 10.2 Å². The summed E-state index contributed by atoms with van der Waals surface area (Å²) in [5, 5.41) is 3.25. The normalized spacial score (nSPS) is 13.9. The van der Waals surface area contributed by atoms with Gasteiger partial charge in [-0.15, -0.1) is 0 Å². The van der Waals surface area contributed by atoms with Crippen molar-refractivity contribution in [3.05, 3.63) is 113 Å². The highest BCUT2D eigenvalue weighted by atomic mass is 32.2. The van der Waals surface area contributed by atoms with E-state index in [4.69, 9.17) is 14.2 Å². The van der Waals surface area contributed by atoms with Crippen molar-refractivity contribution in [3.63, 3.8) is 0 Å². The number of aryl methyl sites for hydroxylation is 2. The zero-order valence-corrected chi connectivity index (χ0v) is 31.4. The van der Waals surface area contributed by atoms with Crippen LogP contribution in [0.4, 0.5) is 5.69 Å². The van der Waals surface area contributed by atoms with Crippen LogP contribution in [0.5, 0.6) is 17.2 Å². The molecule has 5 rings (SSSR count). The fourth-order valence-electron chi connectivity index (χ4n) is 6.79. The van der Waals surface area contributed by atoms with Gasteiger partial charge in [0.2, 0.25) is 11.8 Å². The summed E-state index contributed by atoms with van der Waals surface area (Å²) in [6.07, 6.45) is 5.17. The molecule has 4 aromatic rings. The van der Waals surface area contributed by atoms with Crippen LogP contribution in [0, 0.1) is 13.8 Å². The number of nitrogens with one attached hydrogen (secondary N) is 1. The number of hydrogen-bond donors (Lipinski definition) is 1. The Morgan fingerprint density at radius 1 is 0.769 bits per heavy atom. The summed E-state index contributed by atoms with van der Waals surface area (Å²) >= 11 is 0. The minimum absolute atomic E-state index is 0.00509. The fourth-order valence-corrected chi connectivity index (χ4v) is 8.21. The smallest absolute Gasteiger partial charge is 0.264 e. The number of amides is 2. The Kier molecular flexibility index (Phi) is 12.8. The van der Waals surface area contributed by atoms with E-state index in [1.807, 2.05) is 74.5 Å². The highest BCUT2D eigenvalue weighted by Gasteiger charge is 2.36. The summed E-state index contributed by atoms with van der Waals surface area (Å²) in [5.74, 6) is 0.396. The number of carbonyl (C=O) groups is 2.